The lowest BCUT2D eigenvalue weighted by molar-refractivity contribution is -0.126. The van der Waals surface area contributed by atoms with Crippen molar-refractivity contribution in [3.8, 4) is 0 Å². The van der Waals surface area contributed by atoms with Gasteiger partial charge in [-0.1, -0.05) is 13.5 Å². The zero-order valence-electron chi connectivity index (χ0n) is 7.05. The van der Waals surface area contributed by atoms with E-state index in [1.54, 1.807) is 0 Å². The molecule has 0 aromatic carbocycles. The van der Waals surface area contributed by atoms with Gasteiger partial charge in [-0.25, -0.2) is 0 Å². The van der Waals surface area contributed by atoms with Crippen molar-refractivity contribution in [1.29, 1.82) is 0 Å². The minimum Gasteiger partial charge on any atom is -0.336 e. The van der Waals surface area contributed by atoms with Crippen LogP contribution < -0.4 is 0 Å². The maximum absolute atomic E-state index is 11.2. The summed E-state index contributed by atoms with van der Waals surface area (Å²) in [6.45, 7) is 6.53. The molecule has 1 aliphatic heterocycles. The first kappa shape index (κ1) is 8.31. The van der Waals surface area contributed by atoms with E-state index in [4.69, 9.17) is 0 Å². The third kappa shape index (κ3) is 1.62. The predicted molar refractivity (Wildman–Crippen MR) is 45.2 cm³/mol. The zero-order valence-corrected chi connectivity index (χ0v) is 7.05. The Morgan fingerprint density at radius 1 is 1.82 bits per heavy atom. The second-order valence-corrected chi connectivity index (χ2v) is 2.94. The highest BCUT2D eigenvalue weighted by molar-refractivity contribution is 5.87. The van der Waals surface area contributed by atoms with E-state index in [-0.39, 0.29) is 5.91 Å². The average molecular weight is 153 g/mol. The molecule has 62 valence electrons. The highest BCUT2D eigenvalue weighted by Gasteiger charge is 2.24. The van der Waals surface area contributed by atoms with E-state index < -0.39 is 0 Å². The number of hydrogen-bond donors (Lipinski definition) is 0. The van der Waals surface area contributed by atoms with Crippen LogP contribution >= 0.6 is 0 Å². The molecule has 0 spiro atoms. The fraction of sp³-hybridized carbons (Fsp3) is 0.667. The van der Waals surface area contributed by atoms with Gasteiger partial charge in [0.05, 0.1) is 0 Å². The number of nitrogens with zero attached hydrogens (tertiary/aromatic N) is 1. The van der Waals surface area contributed by atoms with Crippen LogP contribution in [0.4, 0.5) is 0 Å². The van der Waals surface area contributed by atoms with Crippen LogP contribution in [0.1, 0.15) is 26.2 Å². The molecule has 0 N–H and O–H groups in total. The van der Waals surface area contributed by atoms with Crippen LogP contribution in [0.5, 0.6) is 0 Å². The van der Waals surface area contributed by atoms with E-state index in [1.807, 2.05) is 4.90 Å². The largest absolute Gasteiger partial charge is 0.336 e. The summed E-state index contributed by atoms with van der Waals surface area (Å²) in [5.74, 6) is 0.0920. The number of hydrogen-bond acceptors (Lipinski definition) is 1. The topological polar surface area (TPSA) is 20.3 Å². The first-order valence-corrected chi connectivity index (χ1v) is 4.22. The van der Waals surface area contributed by atoms with Crippen LogP contribution in [0.3, 0.4) is 0 Å². The van der Waals surface area contributed by atoms with Crippen molar-refractivity contribution in [3.63, 3.8) is 0 Å². The second kappa shape index (κ2) is 3.56. The van der Waals surface area contributed by atoms with Crippen LogP contribution in [0.2, 0.25) is 0 Å². The molecule has 1 fully saturated rings. The summed E-state index contributed by atoms with van der Waals surface area (Å²) in [4.78, 5) is 13.1. The lowest BCUT2D eigenvalue weighted by Crippen LogP contribution is -2.33. The predicted octanol–water partition coefficient (Wildman–Crippen LogP) is 1.57. The number of rotatable bonds is 2. The van der Waals surface area contributed by atoms with Gasteiger partial charge >= 0.3 is 0 Å². The van der Waals surface area contributed by atoms with Gasteiger partial charge < -0.3 is 4.90 Å². The van der Waals surface area contributed by atoms with Crippen LogP contribution in [0.25, 0.3) is 0 Å². The number of carbonyl (C=O) groups is 1. The van der Waals surface area contributed by atoms with Crippen molar-refractivity contribution >= 4 is 5.91 Å². The lowest BCUT2D eigenvalue weighted by Gasteiger charge is -2.21. The first-order chi connectivity index (χ1) is 5.29. The van der Waals surface area contributed by atoms with Crippen molar-refractivity contribution in [3.05, 3.63) is 12.7 Å². The van der Waals surface area contributed by atoms with Gasteiger partial charge in [0, 0.05) is 12.6 Å². The molecule has 1 heterocycles. The average Bonchev–Trinajstić information content (AvgIpc) is 2.50. The summed E-state index contributed by atoms with van der Waals surface area (Å²) >= 11 is 0. The van der Waals surface area contributed by atoms with Crippen molar-refractivity contribution in [2.75, 3.05) is 6.54 Å². The van der Waals surface area contributed by atoms with E-state index in [1.165, 1.54) is 6.08 Å². The summed E-state index contributed by atoms with van der Waals surface area (Å²) in [6, 6.07) is 0.473. The van der Waals surface area contributed by atoms with Crippen molar-refractivity contribution in [2.45, 2.75) is 32.2 Å². The molecule has 0 unspecified atom stereocenters. The fourth-order valence-corrected chi connectivity index (χ4v) is 1.67. The molecular weight excluding hydrogens is 138 g/mol. The quantitative estimate of drug-likeness (QED) is 0.551. The summed E-state index contributed by atoms with van der Waals surface area (Å²) in [5, 5.41) is 0. The molecule has 0 bridgehead atoms. The monoisotopic (exact) mass is 153 g/mol. The number of carbonyl (C=O) groups excluding carboxylic acids is 1. The van der Waals surface area contributed by atoms with E-state index >= 15 is 0 Å². The van der Waals surface area contributed by atoms with Crippen LogP contribution in [0.15, 0.2) is 12.7 Å². The zero-order chi connectivity index (χ0) is 8.27. The van der Waals surface area contributed by atoms with E-state index in [0.29, 0.717) is 6.04 Å². The van der Waals surface area contributed by atoms with Gasteiger partial charge in [-0.2, -0.15) is 0 Å². The second-order valence-electron chi connectivity index (χ2n) is 2.94. The van der Waals surface area contributed by atoms with Crippen LogP contribution in [0, 0.1) is 0 Å². The Morgan fingerprint density at radius 2 is 2.55 bits per heavy atom. The van der Waals surface area contributed by atoms with E-state index in [9.17, 15) is 4.79 Å². The van der Waals surface area contributed by atoms with Gasteiger partial charge in [0.25, 0.3) is 0 Å². The van der Waals surface area contributed by atoms with E-state index in [0.717, 1.165) is 25.8 Å². The summed E-state index contributed by atoms with van der Waals surface area (Å²) in [5.41, 5.74) is 0. The molecule has 1 saturated heterocycles. The molecule has 0 radical (unpaired) electrons. The Balaban J connectivity index is 2.55. The Morgan fingerprint density at radius 3 is 3.09 bits per heavy atom. The number of amides is 1. The molecular formula is C9H15NO. The van der Waals surface area contributed by atoms with Crippen LogP contribution in [-0.2, 0) is 4.79 Å². The van der Waals surface area contributed by atoms with Gasteiger partial charge in [-0.05, 0) is 25.3 Å². The summed E-state index contributed by atoms with van der Waals surface area (Å²) in [6.07, 6.45) is 4.79. The Labute approximate surface area is 67.9 Å². The minimum absolute atomic E-state index is 0.0920. The Hall–Kier alpha value is -0.790. The smallest absolute Gasteiger partial charge is 0.246 e. The molecule has 1 rings (SSSR count). The SMILES string of the molecule is C=CC(=O)N1CCC[C@H]1CC. The van der Waals surface area contributed by atoms with Gasteiger partial charge in [-0.3, -0.25) is 4.79 Å². The molecule has 2 heteroatoms. The molecule has 0 aromatic rings. The molecule has 2 nitrogen and oxygen atoms in total. The Kier molecular flexibility index (Phi) is 2.69. The summed E-state index contributed by atoms with van der Waals surface area (Å²) < 4.78 is 0. The van der Waals surface area contributed by atoms with E-state index in [2.05, 4.69) is 13.5 Å². The fourth-order valence-electron chi connectivity index (χ4n) is 1.67. The molecule has 1 aliphatic rings. The van der Waals surface area contributed by atoms with Gasteiger partial charge in [0.15, 0.2) is 0 Å². The van der Waals surface area contributed by atoms with Gasteiger partial charge in [-0.15, -0.1) is 0 Å². The van der Waals surface area contributed by atoms with Crippen molar-refractivity contribution in [2.24, 2.45) is 0 Å². The summed E-state index contributed by atoms with van der Waals surface area (Å²) in [7, 11) is 0. The highest BCUT2D eigenvalue weighted by atomic mass is 16.2. The van der Waals surface area contributed by atoms with Crippen molar-refractivity contribution < 1.29 is 4.79 Å². The Bertz CT molecular complexity index is 165. The molecule has 11 heavy (non-hydrogen) atoms. The molecule has 0 saturated carbocycles. The third-order valence-corrected chi connectivity index (χ3v) is 2.31. The van der Waals surface area contributed by atoms with Crippen molar-refractivity contribution in [1.82, 2.24) is 4.90 Å². The minimum atomic E-state index is 0.0920. The molecule has 0 aliphatic carbocycles. The van der Waals surface area contributed by atoms with Crippen LogP contribution in [-0.4, -0.2) is 23.4 Å². The first-order valence-electron chi connectivity index (χ1n) is 4.22. The third-order valence-electron chi connectivity index (χ3n) is 2.31. The standard InChI is InChI=1S/C9H15NO/c1-3-8-6-5-7-10(8)9(11)4-2/h4,8H,2-3,5-7H2,1H3/t8-/m1/s1. The maximum Gasteiger partial charge on any atom is 0.246 e. The molecule has 1 amide bonds. The molecule has 0 aromatic heterocycles. The van der Waals surface area contributed by atoms with Gasteiger partial charge in [0.2, 0.25) is 5.91 Å². The maximum atomic E-state index is 11.2. The lowest BCUT2D eigenvalue weighted by atomic mass is 10.2. The normalized spacial score (nSPS) is 23.7. The van der Waals surface area contributed by atoms with Gasteiger partial charge in [0.1, 0.15) is 0 Å². The molecule has 1 atom stereocenters. The highest BCUT2D eigenvalue weighted by Crippen LogP contribution is 2.19. The number of likely N-dealkylation sites (tertiary alicyclic amines) is 1.